The van der Waals surface area contributed by atoms with Crippen LogP contribution in [0.2, 0.25) is 20.1 Å². The number of aryl methyl sites for hydroxylation is 2. The first-order chi connectivity index (χ1) is 43.5. The van der Waals surface area contributed by atoms with Crippen LogP contribution in [0.4, 0.5) is 37.7 Å². The molecule has 2 spiro atoms. The molecular weight excluding hydrogens is 1300 g/mol. The number of hydrogen-bond donors (Lipinski definition) is 4. The zero-order chi connectivity index (χ0) is 64.0. The summed E-state index contributed by atoms with van der Waals surface area (Å²) >= 11 is 25.2. The molecule has 4 N–H and O–H groups in total. The number of anilines is 2. The normalized spacial score (nSPS) is 25.6. The summed E-state index contributed by atoms with van der Waals surface area (Å²) in [4.78, 5) is 65.0. The van der Waals surface area contributed by atoms with Gasteiger partial charge in [-0.2, -0.15) is 0 Å². The first kappa shape index (κ1) is 65.8. The van der Waals surface area contributed by atoms with Gasteiger partial charge in [0.1, 0.15) is 34.4 Å². The molecule has 2 aromatic heterocycles. The van der Waals surface area contributed by atoms with Crippen molar-refractivity contribution >= 4 is 104 Å². The van der Waals surface area contributed by atoms with Crippen molar-refractivity contribution in [1.29, 1.82) is 0 Å². The molecule has 16 rings (SSSR count). The van der Waals surface area contributed by atoms with Gasteiger partial charge in [0.25, 0.3) is 0 Å². The molecule has 2 amide bonds. The second-order valence-corrected chi connectivity index (χ2v) is 26.5. The van der Waals surface area contributed by atoms with Gasteiger partial charge in [-0.3, -0.25) is 19.8 Å². The Balaban J connectivity index is 0.000000158. The van der Waals surface area contributed by atoms with E-state index in [1.54, 1.807) is 78.9 Å². The van der Waals surface area contributed by atoms with Crippen molar-refractivity contribution in [3.05, 3.63) is 186 Å². The van der Waals surface area contributed by atoms with Crippen LogP contribution in [0.5, 0.6) is 0 Å². The highest BCUT2D eigenvalue weighted by Crippen LogP contribution is 2.66. The monoisotopic (exact) mass is 1360 g/mol. The zero-order valence-electron chi connectivity index (χ0n) is 48.5. The number of ether oxygens (including phenoxy) is 2. The number of esters is 2. The van der Waals surface area contributed by atoms with E-state index in [1.807, 2.05) is 23.1 Å². The lowest BCUT2D eigenvalue weighted by molar-refractivity contribution is -0.136. The van der Waals surface area contributed by atoms with Crippen molar-refractivity contribution in [3.8, 4) is 0 Å². The molecule has 15 nitrogen and oxygen atoms in total. The Morgan fingerprint density at radius 2 is 1.12 bits per heavy atom. The van der Waals surface area contributed by atoms with E-state index in [0.29, 0.717) is 92.0 Å². The van der Waals surface area contributed by atoms with Gasteiger partial charge in [0.15, 0.2) is 0 Å². The summed E-state index contributed by atoms with van der Waals surface area (Å²) in [6.07, 6.45) is 0.446. The number of likely N-dealkylation sites (tertiary alicyclic amines) is 1. The third kappa shape index (κ3) is 10.4. The second-order valence-electron chi connectivity index (χ2n) is 24.8. The van der Waals surface area contributed by atoms with E-state index in [9.17, 15) is 36.7 Å². The summed E-state index contributed by atoms with van der Waals surface area (Å²) in [6, 6.07) is 29.9. The minimum absolute atomic E-state index is 0. The molecular formula is C68H64Cl4F6N8O7. The molecule has 8 aliphatic rings. The van der Waals surface area contributed by atoms with E-state index in [1.165, 1.54) is 26.4 Å². The lowest BCUT2D eigenvalue weighted by atomic mass is 9.70. The highest BCUT2D eigenvalue weighted by Gasteiger charge is 2.70. The van der Waals surface area contributed by atoms with Crippen LogP contribution < -0.4 is 16.0 Å². The summed E-state index contributed by atoms with van der Waals surface area (Å²) in [5.41, 5.74) is 3.86. The van der Waals surface area contributed by atoms with E-state index in [-0.39, 0.29) is 111 Å². The molecule has 25 heteroatoms. The maximum absolute atomic E-state index is 16.3. The first-order valence-electron chi connectivity index (χ1n) is 29.7. The number of carbonyl (C=O) groups excluding carboxylic acids is 4. The number of hydrogen-bond acceptors (Lipinski definition) is 11. The molecule has 93 heavy (non-hydrogen) atoms. The Hall–Kier alpha value is -7.24. The topological polar surface area (TPSA) is 182 Å². The number of carbonyl (C=O) groups is 4. The lowest BCUT2D eigenvalue weighted by Gasteiger charge is -2.45. The predicted octanol–water partition coefficient (Wildman–Crippen LogP) is 14.8. The fraction of sp³-hybridized carbons (Fsp3) is 0.382. The van der Waals surface area contributed by atoms with Crippen molar-refractivity contribution in [2.75, 3.05) is 38.0 Å². The van der Waals surface area contributed by atoms with Crippen LogP contribution in [0, 0.1) is 23.5 Å². The van der Waals surface area contributed by atoms with E-state index < -0.39 is 64.2 Å². The summed E-state index contributed by atoms with van der Waals surface area (Å²) in [5, 5.41) is 18.7. The van der Waals surface area contributed by atoms with Gasteiger partial charge in [-0.05, 0) is 109 Å². The van der Waals surface area contributed by atoms with E-state index in [0.717, 1.165) is 16.9 Å². The van der Waals surface area contributed by atoms with Crippen LogP contribution in [0.15, 0.2) is 109 Å². The SMILES string of the molecule is C.C.COC(=O)c1ccc2c(c1)nc1n2CC[C@@H]2N[C@@]3(C(=O)Nc4cc(Cl)ccc43)[C@@H](c3cccc(Cl)c3F)[C@H]12.COC(=O)c1ccc2c(c1)nc1n2CC[C@H]2[C@@H]1[C@H](c1cccc(Cl)c1F)[C@]1(C(=O)Nc3cc(Cl)ccc31)N2CC1CC(F)(F)C1.OCC1CC(F)(F)C1. The maximum atomic E-state index is 16.3. The third-order valence-electron chi connectivity index (χ3n) is 19.8. The van der Waals surface area contributed by atoms with Gasteiger partial charge < -0.3 is 34.3 Å². The number of nitrogens with zero attached hydrogens (tertiary/aromatic N) is 5. The Bertz CT molecular complexity index is 4370. The molecule has 2 saturated carbocycles. The number of nitrogens with one attached hydrogen (secondary N) is 3. The molecule has 8 heterocycles. The smallest absolute Gasteiger partial charge is 0.337 e. The number of rotatable bonds is 7. The molecule has 0 radical (unpaired) electrons. The molecule has 6 aromatic carbocycles. The number of methoxy groups -OCH3 is 2. The van der Waals surface area contributed by atoms with Crippen molar-refractivity contribution in [3.63, 3.8) is 0 Å². The number of fused-ring (bicyclic) bond motifs is 14. The van der Waals surface area contributed by atoms with Crippen molar-refractivity contribution < 1.29 is 60.1 Å². The number of aliphatic hydroxyl groups excluding tert-OH is 1. The number of aliphatic hydroxyl groups is 1. The molecule has 4 fully saturated rings. The number of imidazole rings is 2. The van der Waals surface area contributed by atoms with Gasteiger partial charge in [-0.15, -0.1) is 0 Å². The van der Waals surface area contributed by atoms with Crippen LogP contribution in [-0.2, 0) is 43.2 Å². The molecule has 2 aliphatic carbocycles. The lowest BCUT2D eigenvalue weighted by Crippen LogP contribution is -2.55. The average molecular weight is 1360 g/mol. The first-order valence-corrected chi connectivity index (χ1v) is 31.2. The largest absolute Gasteiger partial charge is 0.465 e. The van der Waals surface area contributed by atoms with Crippen molar-refractivity contribution in [2.24, 2.45) is 11.8 Å². The molecule has 8 aromatic rings. The van der Waals surface area contributed by atoms with Gasteiger partial charge in [0.2, 0.25) is 23.7 Å². The average Bonchev–Trinajstić information content (AvgIpc) is 1.53. The Morgan fingerprint density at radius 3 is 1.65 bits per heavy atom. The Kier molecular flexibility index (Phi) is 17.1. The Labute approximate surface area is 551 Å². The van der Waals surface area contributed by atoms with Gasteiger partial charge in [0, 0.05) is 120 Å². The predicted molar refractivity (Wildman–Crippen MR) is 342 cm³/mol. The summed E-state index contributed by atoms with van der Waals surface area (Å²) < 4.78 is 98.1. The maximum Gasteiger partial charge on any atom is 0.337 e. The standard InChI is InChI=1S/C33H27Cl2F3N4O3.C28H21Cl2FN4O3.C5H8F2O.2CH4/c1-45-30(43)17-5-8-24-23(11-17)39-29-26-25(9-10-41(24)29)42(15-16-13-32(37,38)14-16)33(27(26)19-3-2-4-21(35)28(19)36)20-7-6-18(34)12-22(20)40-31(33)44;1-38-26(36)13-5-8-21-20(11-13)32-25-22-18(9-10-35(21)25)34-28(23(22)15-3-2-4-17(30)24(15)31)16-7-6-14(29)12-19(16)33-27(28)37;6-5(7)1-4(2-5)3-8;;/h2-8,11-12,16,25-27H,9-10,13-15H2,1H3,(H,40,44);2-8,11-12,18,22-23,34H,9-10H2,1H3,(H,33,37);4,8H,1-3H2;2*1H4/t25-,26+,27-,33+;18-,22+,23-,28+;;;/m00.../s1. The molecule has 488 valence electrons. The third-order valence-corrected chi connectivity index (χ3v) is 20.8. The molecule has 6 aliphatic heterocycles. The highest BCUT2D eigenvalue weighted by molar-refractivity contribution is 6.32. The van der Waals surface area contributed by atoms with E-state index >= 15 is 8.78 Å². The summed E-state index contributed by atoms with van der Waals surface area (Å²) in [7, 11) is 2.64. The van der Waals surface area contributed by atoms with Gasteiger partial charge in [-0.25, -0.2) is 45.9 Å². The molecule has 0 bridgehead atoms. The quantitative estimate of drug-likeness (QED) is 0.0880. The van der Waals surface area contributed by atoms with Gasteiger partial charge >= 0.3 is 11.9 Å². The number of aromatic nitrogens is 4. The molecule has 8 atom stereocenters. The molecule has 0 unspecified atom stereocenters. The zero-order valence-corrected chi connectivity index (χ0v) is 51.5. The van der Waals surface area contributed by atoms with Gasteiger partial charge in [0.05, 0.1) is 57.5 Å². The number of amides is 2. The minimum Gasteiger partial charge on any atom is -0.465 e. The Morgan fingerprint density at radius 1 is 0.624 bits per heavy atom. The van der Waals surface area contributed by atoms with Crippen molar-refractivity contribution in [2.45, 2.75) is 125 Å². The fourth-order valence-electron chi connectivity index (χ4n) is 16.0. The van der Waals surface area contributed by atoms with Crippen LogP contribution in [0.3, 0.4) is 0 Å². The van der Waals surface area contributed by atoms with Crippen LogP contribution in [0.1, 0.15) is 132 Å². The van der Waals surface area contributed by atoms with E-state index in [2.05, 4.69) is 25.1 Å². The van der Waals surface area contributed by atoms with Crippen molar-refractivity contribution in [1.82, 2.24) is 29.3 Å². The van der Waals surface area contributed by atoms with E-state index in [4.69, 9.17) is 71.0 Å². The number of alkyl halides is 4. The van der Waals surface area contributed by atoms with Gasteiger partial charge in [-0.1, -0.05) is 97.7 Å². The van der Waals surface area contributed by atoms with Crippen LogP contribution in [0.25, 0.3) is 22.1 Å². The summed E-state index contributed by atoms with van der Waals surface area (Å²) in [6.45, 7) is 1.30. The summed E-state index contributed by atoms with van der Waals surface area (Å²) in [5.74, 6) is -9.54. The minimum atomic E-state index is -2.75. The number of halogens is 10. The van der Waals surface area contributed by atoms with Crippen LogP contribution >= 0.6 is 46.4 Å². The second kappa shape index (κ2) is 24.2. The molecule has 2 saturated heterocycles. The fourth-order valence-corrected chi connectivity index (χ4v) is 16.7. The number of benzene rings is 6. The van der Waals surface area contributed by atoms with Crippen LogP contribution in [-0.4, -0.2) is 104 Å². The highest BCUT2D eigenvalue weighted by atomic mass is 35.5.